The molecule has 38 heavy (non-hydrogen) atoms. The Bertz CT molecular complexity index is 1530. The lowest BCUT2D eigenvalue weighted by Gasteiger charge is -2.20. The van der Waals surface area contributed by atoms with Crippen LogP contribution in [0.25, 0.3) is 11.1 Å². The Morgan fingerprint density at radius 1 is 1.00 bits per heavy atom. The van der Waals surface area contributed by atoms with Gasteiger partial charge in [0.1, 0.15) is 49.7 Å². The highest BCUT2D eigenvalue weighted by Gasteiger charge is 2.16. The van der Waals surface area contributed by atoms with Gasteiger partial charge in [-0.1, -0.05) is 41.9 Å². The lowest BCUT2D eigenvalue weighted by molar-refractivity contribution is 0.111. The summed E-state index contributed by atoms with van der Waals surface area (Å²) >= 11 is 6.43. The Morgan fingerprint density at radius 2 is 1.82 bits per heavy atom. The van der Waals surface area contributed by atoms with E-state index >= 15 is 0 Å². The Balaban J connectivity index is 1.33. The number of benzene rings is 3. The standard InChI is InChI=1S/C30H23ClN2O5/c1-19-22(3-2-4-25(19)21-6-8-27-30(12-21)36-10-9-35-27)18-38-29-13-28(23(16-34)11-26(29)31)37-17-20-5-7-24(14-32)33-15-20/h2-8,11-13,15-16H,9-10,17-18H2,1H3. The van der Waals surface area contributed by atoms with Crippen molar-refractivity contribution in [2.45, 2.75) is 20.1 Å². The van der Waals surface area contributed by atoms with Crippen molar-refractivity contribution in [3.8, 4) is 40.2 Å². The second-order valence-corrected chi connectivity index (χ2v) is 9.03. The number of fused-ring (bicyclic) bond motifs is 1. The maximum absolute atomic E-state index is 11.6. The molecule has 2 heterocycles. The molecule has 0 N–H and O–H groups in total. The third kappa shape index (κ3) is 5.41. The van der Waals surface area contributed by atoms with Gasteiger partial charge in [-0.2, -0.15) is 5.26 Å². The molecule has 0 radical (unpaired) electrons. The number of rotatable bonds is 8. The van der Waals surface area contributed by atoms with Gasteiger partial charge in [-0.25, -0.2) is 4.98 Å². The number of aromatic nitrogens is 1. The molecule has 1 aliphatic heterocycles. The van der Waals surface area contributed by atoms with Crippen molar-refractivity contribution in [3.63, 3.8) is 0 Å². The molecule has 0 atom stereocenters. The molecule has 0 saturated heterocycles. The van der Waals surface area contributed by atoms with E-state index in [4.69, 9.17) is 35.8 Å². The molecule has 0 saturated carbocycles. The van der Waals surface area contributed by atoms with Gasteiger partial charge in [-0.05, 0) is 53.4 Å². The summed E-state index contributed by atoms with van der Waals surface area (Å²) in [5.74, 6) is 2.22. The van der Waals surface area contributed by atoms with Crippen LogP contribution < -0.4 is 18.9 Å². The number of carbonyl (C=O) groups is 1. The summed E-state index contributed by atoms with van der Waals surface area (Å²) in [5.41, 5.74) is 5.51. The van der Waals surface area contributed by atoms with Crippen LogP contribution >= 0.6 is 11.6 Å². The SMILES string of the molecule is Cc1c(COc2cc(OCc3ccc(C#N)nc3)c(C=O)cc2Cl)cccc1-c1ccc2c(c1)OCCO2. The molecule has 1 aliphatic rings. The number of hydrogen-bond donors (Lipinski definition) is 0. The Hall–Kier alpha value is -4.54. The molecular weight excluding hydrogens is 504 g/mol. The predicted molar refractivity (Wildman–Crippen MR) is 142 cm³/mol. The minimum atomic E-state index is 0.164. The van der Waals surface area contributed by atoms with Gasteiger partial charge in [0.2, 0.25) is 0 Å². The number of nitriles is 1. The molecule has 4 aromatic rings. The summed E-state index contributed by atoms with van der Waals surface area (Å²) in [6, 6.07) is 20.4. The monoisotopic (exact) mass is 526 g/mol. The molecular formula is C30H23ClN2O5. The highest BCUT2D eigenvalue weighted by Crippen LogP contribution is 2.37. The van der Waals surface area contributed by atoms with Gasteiger partial charge in [0.05, 0.1) is 10.6 Å². The zero-order valence-electron chi connectivity index (χ0n) is 20.6. The fourth-order valence-corrected chi connectivity index (χ4v) is 4.36. The second kappa shape index (κ2) is 11.2. The topological polar surface area (TPSA) is 90.7 Å². The zero-order valence-corrected chi connectivity index (χ0v) is 21.3. The highest BCUT2D eigenvalue weighted by molar-refractivity contribution is 6.32. The van der Waals surface area contributed by atoms with Crippen LogP contribution in [0.15, 0.2) is 66.9 Å². The lowest BCUT2D eigenvalue weighted by atomic mass is 9.96. The second-order valence-electron chi connectivity index (χ2n) is 8.63. The Morgan fingerprint density at radius 3 is 2.58 bits per heavy atom. The van der Waals surface area contributed by atoms with E-state index < -0.39 is 0 Å². The van der Waals surface area contributed by atoms with Crippen molar-refractivity contribution in [2.75, 3.05) is 13.2 Å². The first kappa shape index (κ1) is 25.1. The van der Waals surface area contributed by atoms with E-state index in [9.17, 15) is 4.79 Å². The van der Waals surface area contributed by atoms with E-state index in [2.05, 4.69) is 11.1 Å². The van der Waals surface area contributed by atoms with Gasteiger partial charge in [-0.15, -0.1) is 0 Å². The summed E-state index contributed by atoms with van der Waals surface area (Å²) in [5, 5.41) is 9.21. The van der Waals surface area contributed by atoms with Crippen LogP contribution in [-0.2, 0) is 13.2 Å². The molecule has 0 unspecified atom stereocenters. The number of hydrogen-bond acceptors (Lipinski definition) is 7. The number of halogens is 1. The largest absolute Gasteiger partial charge is 0.488 e. The molecule has 0 fully saturated rings. The lowest BCUT2D eigenvalue weighted by Crippen LogP contribution is -2.15. The molecule has 3 aromatic carbocycles. The third-order valence-corrected chi connectivity index (χ3v) is 6.50. The molecule has 7 nitrogen and oxygen atoms in total. The van der Waals surface area contributed by atoms with Gasteiger partial charge < -0.3 is 18.9 Å². The van der Waals surface area contributed by atoms with E-state index in [0.717, 1.165) is 39.3 Å². The predicted octanol–water partition coefficient (Wildman–Crippen LogP) is 6.32. The zero-order chi connectivity index (χ0) is 26.5. The van der Waals surface area contributed by atoms with Gasteiger partial charge in [0.25, 0.3) is 0 Å². The molecule has 1 aromatic heterocycles. The van der Waals surface area contributed by atoms with Crippen LogP contribution in [0.2, 0.25) is 5.02 Å². The molecule has 190 valence electrons. The number of ether oxygens (including phenoxy) is 4. The van der Waals surface area contributed by atoms with Gasteiger partial charge in [0.15, 0.2) is 17.8 Å². The average molecular weight is 527 g/mol. The van der Waals surface area contributed by atoms with Crippen molar-refractivity contribution in [2.24, 2.45) is 0 Å². The Labute approximate surface area is 225 Å². The quantitative estimate of drug-likeness (QED) is 0.248. The summed E-state index contributed by atoms with van der Waals surface area (Å²) in [6.45, 7) is 3.56. The first-order chi connectivity index (χ1) is 18.6. The third-order valence-electron chi connectivity index (χ3n) is 6.21. The maximum atomic E-state index is 11.6. The van der Waals surface area contributed by atoms with Crippen molar-refractivity contribution in [1.82, 2.24) is 4.98 Å². The summed E-state index contributed by atoms with van der Waals surface area (Å²) in [6.07, 6.45) is 2.24. The van der Waals surface area contributed by atoms with Crippen molar-refractivity contribution >= 4 is 17.9 Å². The fourth-order valence-electron chi connectivity index (χ4n) is 4.13. The van der Waals surface area contributed by atoms with Gasteiger partial charge in [0, 0.05) is 17.8 Å². The van der Waals surface area contributed by atoms with E-state index in [-0.39, 0.29) is 13.2 Å². The Kier molecular flexibility index (Phi) is 7.43. The van der Waals surface area contributed by atoms with Gasteiger partial charge in [-0.3, -0.25) is 4.79 Å². The highest BCUT2D eigenvalue weighted by atomic mass is 35.5. The molecule has 0 bridgehead atoms. The maximum Gasteiger partial charge on any atom is 0.161 e. The van der Waals surface area contributed by atoms with Crippen molar-refractivity contribution in [3.05, 3.63) is 99.8 Å². The van der Waals surface area contributed by atoms with Crippen molar-refractivity contribution < 1.29 is 23.7 Å². The molecule has 8 heteroatoms. The van der Waals surface area contributed by atoms with E-state index in [1.54, 1.807) is 24.4 Å². The van der Waals surface area contributed by atoms with E-state index in [1.807, 2.05) is 43.3 Å². The molecule has 5 rings (SSSR count). The van der Waals surface area contributed by atoms with Crippen molar-refractivity contribution in [1.29, 1.82) is 5.26 Å². The molecule has 0 aliphatic carbocycles. The van der Waals surface area contributed by atoms with Crippen LogP contribution in [-0.4, -0.2) is 24.5 Å². The minimum absolute atomic E-state index is 0.164. The van der Waals surface area contributed by atoms with E-state index in [0.29, 0.717) is 47.3 Å². The van der Waals surface area contributed by atoms with Crippen LogP contribution in [0.1, 0.15) is 32.7 Å². The summed E-state index contributed by atoms with van der Waals surface area (Å²) < 4.78 is 23.3. The van der Waals surface area contributed by atoms with E-state index in [1.165, 1.54) is 6.07 Å². The normalized spacial score (nSPS) is 11.9. The minimum Gasteiger partial charge on any atom is -0.488 e. The number of aldehydes is 1. The van der Waals surface area contributed by atoms with Crippen LogP contribution in [0.5, 0.6) is 23.0 Å². The van der Waals surface area contributed by atoms with Gasteiger partial charge >= 0.3 is 0 Å². The molecule has 0 spiro atoms. The first-order valence-corrected chi connectivity index (χ1v) is 12.3. The first-order valence-electron chi connectivity index (χ1n) is 11.9. The molecule has 0 amide bonds. The number of carbonyl (C=O) groups excluding carboxylic acids is 1. The van der Waals surface area contributed by atoms with Crippen LogP contribution in [0, 0.1) is 18.3 Å². The summed E-state index contributed by atoms with van der Waals surface area (Å²) in [7, 11) is 0. The smallest absolute Gasteiger partial charge is 0.161 e. The van der Waals surface area contributed by atoms with Crippen LogP contribution in [0.4, 0.5) is 0 Å². The average Bonchev–Trinajstić information content (AvgIpc) is 2.96. The summed E-state index contributed by atoms with van der Waals surface area (Å²) in [4.78, 5) is 15.7. The number of nitrogens with zero attached hydrogens (tertiary/aromatic N) is 2. The van der Waals surface area contributed by atoms with Crippen LogP contribution in [0.3, 0.4) is 0 Å². The number of pyridine rings is 1. The fraction of sp³-hybridized carbons (Fsp3) is 0.167.